The van der Waals surface area contributed by atoms with Crippen LogP contribution in [0.5, 0.6) is 0 Å². The second-order valence-corrected chi connectivity index (χ2v) is 5.19. The second kappa shape index (κ2) is 7.40. The molecule has 5 atom stereocenters. The lowest BCUT2D eigenvalue weighted by atomic mass is 9.88. The quantitative estimate of drug-likeness (QED) is 0.561. The average molecular weight is 302 g/mol. The van der Waals surface area contributed by atoms with Crippen LogP contribution in [0.3, 0.4) is 0 Å². The number of carbonyl (C=O) groups is 3. The summed E-state index contributed by atoms with van der Waals surface area (Å²) in [4.78, 5) is 33.4. The molecule has 7 nitrogen and oxygen atoms in total. The Morgan fingerprint density at radius 3 is 1.90 bits per heavy atom. The molecule has 0 aromatic rings. The lowest BCUT2D eigenvalue weighted by Crippen LogP contribution is -2.56. The summed E-state index contributed by atoms with van der Waals surface area (Å²) in [5.41, 5.74) is 0. The molecular weight excluding hydrogens is 280 g/mol. The molecule has 0 aromatic heterocycles. The van der Waals surface area contributed by atoms with E-state index in [9.17, 15) is 14.4 Å². The van der Waals surface area contributed by atoms with E-state index in [2.05, 4.69) is 0 Å². The summed E-state index contributed by atoms with van der Waals surface area (Å²) in [5.74, 6) is -1.64. The van der Waals surface area contributed by atoms with E-state index in [0.29, 0.717) is 0 Å². The van der Waals surface area contributed by atoms with E-state index >= 15 is 0 Å². The van der Waals surface area contributed by atoms with E-state index < -0.39 is 42.3 Å². The van der Waals surface area contributed by atoms with Crippen molar-refractivity contribution in [2.45, 2.75) is 59.0 Å². The zero-order valence-corrected chi connectivity index (χ0v) is 13.0. The van der Waals surface area contributed by atoms with Gasteiger partial charge in [-0.2, -0.15) is 0 Å². The molecule has 1 rings (SSSR count). The molecule has 0 saturated carbocycles. The third-order valence-corrected chi connectivity index (χ3v) is 3.34. The van der Waals surface area contributed by atoms with Crippen LogP contribution in [0.4, 0.5) is 0 Å². The molecule has 1 fully saturated rings. The van der Waals surface area contributed by atoms with E-state index in [1.165, 1.54) is 20.8 Å². The van der Waals surface area contributed by atoms with Gasteiger partial charge in [-0.05, 0) is 6.92 Å². The van der Waals surface area contributed by atoms with Crippen LogP contribution in [-0.4, -0.2) is 48.9 Å². The van der Waals surface area contributed by atoms with Crippen LogP contribution in [0.15, 0.2) is 0 Å². The van der Waals surface area contributed by atoms with Gasteiger partial charge in [-0.25, -0.2) is 0 Å². The fourth-order valence-corrected chi connectivity index (χ4v) is 2.37. The highest BCUT2D eigenvalue weighted by atomic mass is 16.6. The Labute approximate surface area is 123 Å². The Morgan fingerprint density at radius 2 is 1.43 bits per heavy atom. The van der Waals surface area contributed by atoms with Crippen LogP contribution in [0, 0.1) is 5.92 Å². The monoisotopic (exact) mass is 302 g/mol. The Hall–Kier alpha value is -1.63. The first-order valence-electron chi connectivity index (χ1n) is 6.85. The lowest BCUT2D eigenvalue weighted by molar-refractivity contribution is -0.226. The summed E-state index contributed by atoms with van der Waals surface area (Å²) in [5, 5.41) is 0. The predicted molar refractivity (Wildman–Crippen MR) is 71.2 cm³/mol. The van der Waals surface area contributed by atoms with Gasteiger partial charge in [0.05, 0.1) is 12.2 Å². The van der Waals surface area contributed by atoms with E-state index in [4.69, 9.17) is 18.9 Å². The molecule has 0 radical (unpaired) electrons. The molecule has 120 valence electrons. The van der Waals surface area contributed by atoms with Gasteiger partial charge < -0.3 is 18.9 Å². The van der Waals surface area contributed by atoms with E-state index in [1.807, 2.05) is 0 Å². The van der Waals surface area contributed by atoms with Crippen molar-refractivity contribution < 1.29 is 33.3 Å². The van der Waals surface area contributed by atoms with Gasteiger partial charge in [0, 0.05) is 26.7 Å². The number of esters is 3. The molecule has 0 spiro atoms. The van der Waals surface area contributed by atoms with Gasteiger partial charge in [-0.3, -0.25) is 14.4 Å². The van der Waals surface area contributed by atoms with Gasteiger partial charge in [0.1, 0.15) is 12.7 Å². The van der Waals surface area contributed by atoms with E-state index in [-0.39, 0.29) is 12.5 Å². The maximum atomic E-state index is 11.3. The molecular formula is C14H22O7. The highest BCUT2D eigenvalue weighted by Crippen LogP contribution is 2.30. The van der Waals surface area contributed by atoms with Gasteiger partial charge in [0.2, 0.25) is 0 Å². The number of hydrogen-bond acceptors (Lipinski definition) is 7. The first-order chi connectivity index (χ1) is 9.72. The van der Waals surface area contributed by atoms with Gasteiger partial charge in [0.25, 0.3) is 0 Å². The third kappa shape index (κ3) is 5.00. The molecule has 0 amide bonds. The fourth-order valence-electron chi connectivity index (χ4n) is 2.37. The second-order valence-electron chi connectivity index (χ2n) is 5.19. The number of hydrogen-bond donors (Lipinski definition) is 0. The molecule has 1 saturated heterocycles. The smallest absolute Gasteiger partial charge is 0.303 e. The summed E-state index contributed by atoms with van der Waals surface area (Å²) in [6, 6.07) is 0. The van der Waals surface area contributed by atoms with Gasteiger partial charge in [-0.1, -0.05) is 6.92 Å². The minimum Gasteiger partial charge on any atom is -0.463 e. The van der Waals surface area contributed by atoms with Crippen molar-refractivity contribution in [2.75, 3.05) is 6.61 Å². The third-order valence-electron chi connectivity index (χ3n) is 3.34. The largest absolute Gasteiger partial charge is 0.463 e. The zero-order chi connectivity index (χ0) is 16.2. The summed E-state index contributed by atoms with van der Waals surface area (Å²) >= 11 is 0. The number of carbonyl (C=O) groups excluding carboxylic acids is 3. The summed E-state index contributed by atoms with van der Waals surface area (Å²) < 4.78 is 21.2. The Balaban J connectivity index is 2.87. The molecule has 0 aromatic carbocycles. The van der Waals surface area contributed by atoms with Crippen molar-refractivity contribution in [2.24, 2.45) is 5.92 Å². The van der Waals surface area contributed by atoms with Crippen molar-refractivity contribution in [1.82, 2.24) is 0 Å². The van der Waals surface area contributed by atoms with Crippen LogP contribution in [0.25, 0.3) is 0 Å². The number of ether oxygens (including phenoxy) is 4. The van der Waals surface area contributed by atoms with Gasteiger partial charge in [0.15, 0.2) is 6.10 Å². The van der Waals surface area contributed by atoms with Crippen molar-refractivity contribution in [3.63, 3.8) is 0 Å². The number of rotatable bonds is 4. The minimum absolute atomic E-state index is 0.0609. The fraction of sp³-hybridized carbons (Fsp3) is 0.786. The highest BCUT2D eigenvalue weighted by molar-refractivity contribution is 5.67. The van der Waals surface area contributed by atoms with Crippen LogP contribution in [0.1, 0.15) is 34.6 Å². The van der Waals surface area contributed by atoms with Crippen molar-refractivity contribution >= 4 is 17.9 Å². The topological polar surface area (TPSA) is 88.1 Å². The molecule has 0 bridgehead atoms. The summed E-state index contributed by atoms with van der Waals surface area (Å²) in [7, 11) is 0. The van der Waals surface area contributed by atoms with Crippen LogP contribution < -0.4 is 0 Å². The summed E-state index contributed by atoms with van der Waals surface area (Å²) in [6.45, 7) is 7.46. The van der Waals surface area contributed by atoms with Crippen LogP contribution in [0.2, 0.25) is 0 Å². The highest BCUT2D eigenvalue weighted by Gasteiger charge is 2.46. The molecule has 0 aliphatic carbocycles. The predicted octanol–water partition coefficient (Wildman–Crippen LogP) is 0.836. The Kier molecular flexibility index (Phi) is 6.14. The Bertz CT molecular complexity index is 406. The van der Waals surface area contributed by atoms with Crippen molar-refractivity contribution in [3.8, 4) is 0 Å². The SMILES string of the molecule is CC(=O)OC[C@H]1O[C@H](C)[C@@H](OC(C)=O)[C@@H](OC(C)=O)[C@@H]1C. The van der Waals surface area contributed by atoms with Crippen molar-refractivity contribution in [1.29, 1.82) is 0 Å². The first kappa shape index (κ1) is 17.4. The van der Waals surface area contributed by atoms with Crippen LogP contribution >= 0.6 is 0 Å². The molecule has 1 heterocycles. The van der Waals surface area contributed by atoms with Crippen molar-refractivity contribution in [3.05, 3.63) is 0 Å². The molecule has 1 aliphatic rings. The summed E-state index contributed by atoms with van der Waals surface area (Å²) in [6.07, 6.45) is -2.24. The normalized spacial score (nSPS) is 32.1. The first-order valence-corrected chi connectivity index (χ1v) is 6.85. The zero-order valence-electron chi connectivity index (χ0n) is 13.0. The van der Waals surface area contributed by atoms with E-state index in [1.54, 1.807) is 13.8 Å². The maximum Gasteiger partial charge on any atom is 0.303 e. The minimum atomic E-state index is -0.685. The molecule has 1 aliphatic heterocycles. The molecule has 0 unspecified atom stereocenters. The van der Waals surface area contributed by atoms with Gasteiger partial charge >= 0.3 is 17.9 Å². The lowest BCUT2D eigenvalue weighted by Gasteiger charge is -2.43. The maximum absolute atomic E-state index is 11.3. The van der Waals surface area contributed by atoms with Gasteiger partial charge in [-0.15, -0.1) is 0 Å². The molecule has 0 N–H and O–H groups in total. The molecule has 7 heteroatoms. The van der Waals surface area contributed by atoms with E-state index in [0.717, 1.165) is 0 Å². The standard InChI is InChI=1S/C14H22O7/c1-7-12(6-18-9(3)15)19-8(2)14(21-11(5)17)13(7)20-10(4)16/h7-8,12-14H,6H2,1-5H3/t7-,8-,12-,13+,14-/m1/s1. The average Bonchev–Trinajstić information content (AvgIpc) is 2.35. The Morgan fingerprint density at radius 1 is 0.905 bits per heavy atom. The molecule has 21 heavy (non-hydrogen) atoms. The van der Waals surface area contributed by atoms with Crippen LogP contribution in [-0.2, 0) is 33.3 Å².